The summed E-state index contributed by atoms with van der Waals surface area (Å²) in [6.45, 7) is 9.05. The minimum absolute atomic E-state index is 0.0487. The maximum atomic E-state index is 11.4. The van der Waals surface area contributed by atoms with Crippen molar-refractivity contribution in [2.75, 3.05) is 20.2 Å². The van der Waals surface area contributed by atoms with E-state index in [9.17, 15) is 4.79 Å². The Hall–Kier alpha value is -0.770. The summed E-state index contributed by atoms with van der Waals surface area (Å²) in [5.74, 6) is 0. The highest BCUT2D eigenvalue weighted by Gasteiger charge is 2.08. The lowest BCUT2D eigenvalue weighted by Crippen LogP contribution is -2.42. The standard InChI is InChI=1S/C10H22N2O2/c1-8(2)11-10(13)12(5)6-7-14-9(3)4/h8-9H,6-7H2,1-5H3,(H,11,13). The summed E-state index contributed by atoms with van der Waals surface area (Å²) in [7, 11) is 1.77. The first-order valence-electron chi connectivity index (χ1n) is 5.06. The minimum Gasteiger partial charge on any atom is -0.377 e. The molecule has 1 N–H and O–H groups in total. The second-order valence-corrected chi connectivity index (χ2v) is 3.95. The molecule has 0 aliphatic rings. The molecule has 0 aromatic carbocycles. The van der Waals surface area contributed by atoms with Gasteiger partial charge in [0.15, 0.2) is 0 Å². The Morgan fingerprint density at radius 3 is 2.36 bits per heavy atom. The first kappa shape index (κ1) is 13.2. The molecule has 14 heavy (non-hydrogen) atoms. The van der Waals surface area contributed by atoms with E-state index in [1.807, 2.05) is 27.7 Å². The number of ether oxygens (including phenoxy) is 1. The highest BCUT2D eigenvalue weighted by molar-refractivity contribution is 5.74. The Kier molecular flexibility index (Phi) is 6.28. The van der Waals surface area contributed by atoms with E-state index in [4.69, 9.17) is 4.74 Å². The van der Waals surface area contributed by atoms with Crippen LogP contribution in [-0.4, -0.2) is 43.3 Å². The van der Waals surface area contributed by atoms with Gasteiger partial charge in [-0.05, 0) is 27.7 Å². The van der Waals surface area contributed by atoms with E-state index in [0.717, 1.165) is 0 Å². The monoisotopic (exact) mass is 202 g/mol. The molecule has 4 heteroatoms. The number of nitrogens with one attached hydrogen (secondary N) is 1. The number of nitrogens with zero attached hydrogens (tertiary/aromatic N) is 1. The zero-order valence-electron chi connectivity index (χ0n) is 9.83. The molecule has 0 aliphatic heterocycles. The van der Waals surface area contributed by atoms with Crippen LogP contribution in [0.2, 0.25) is 0 Å². The Morgan fingerprint density at radius 1 is 1.36 bits per heavy atom. The van der Waals surface area contributed by atoms with Crippen molar-refractivity contribution in [3.05, 3.63) is 0 Å². The van der Waals surface area contributed by atoms with E-state index in [1.54, 1.807) is 11.9 Å². The number of hydrogen-bond donors (Lipinski definition) is 1. The summed E-state index contributed by atoms with van der Waals surface area (Å²) in [5.41, 5.74) is 0. The molecular weight excluding hydrogens is 180 g/mol. The molecule has 0 saturated carbocycles. The molecule has 0 atom stereocenters. The van der Waals surface area contributed by atoms with Crippen LogP contribution in [0.5, 0.6) is 0 Å². The lowest BCUT2D eigenvalue weighted by molar-refractivity contribution is 0.0679. The van der Waals surface area contributed by atoms with Crippen molar-refractivity contribution in [3.63, 3.8) is 0 Å². The fourth-order valence-electron chi connectivity index (χ4n) is 0.884. The van der Waals surface area contributed by atoms with Crippen LogP contribution >= 0.6 is 0 Å². The number of likely N-dealkylation sites (N-methyl/N-ethyl adjacent to an activating group) is 1. The fourth-order valence-corrected chi connectivity index (χ4v) is 0.884. The zero-order chi connectivity index (χ0) is 11.1. The van der Waals surface area contributed by atoms with Gasteiger partial charge < -0.3 is 15.0 Å². The van der Waals surface area contributed by atoms with Crippen molar-refractivity contribution in [2.24, 2.45) is 0 Å². The molecule has 0 fully saturated rings. The summed E-state index contributed by atoms with van der Waals surface area (Å²) >= 11 is 0. The quantitative estimate of drug-likeness (QED) is 0.733. The highest BCUT2D eigenvalue weighted by atomic mass is 16.5. The van der Waals surface area contributed by atoms with E-state index in [1.165, 1.54) is 0 Å². The normalized spacial score (nSPS) is 10.8. The fraction of sp³-hybridized carbons (Fsp3) is 0.900. The average molecular weight is 202 g/mol. The number of amides is 2. The maximum Gasteiger partial charge on any atom is 0.317 e. The third kappa shape index (κ3) is 6.71. The van der Waals surface area contributed by atoms with Crippen LogP contribution in [0.3, 0.4) is 0 Å². The number of urea groups is 1. The van der Waals surface area contributed by atoms with Crippen LogP contribution in [0.25, 0.3) is 0 Å². The van der Waals surface area contributed by atoms with Crippen molar-refractivity contribution in [1.29, 1.82) is 0 Å². The van der Waals surface area contributed by atoms with Crippen LogP contribution in [0.4, 0.5) is 4.79 Å². The predicted molar refractivity (Wildman–Crippen MR) is 57.4 cm³/mol. The summed E-state index contributed by atoms with van der Waals surface area (Å²) < 4.78 is 5.35. The Morgan fingerprint density at radius 2 is 1.93 bits per heavy atom. The Labute approximate surface area is 86.6 Å². The van der Waals surface area contributed by atoms with Gasteiger partial charge in [-0.3, -0.25) is 0 Å². The van der Waals surface area contributed by atoms with E-state index in [2.05, 4.69) is 5.32 Å². The summed E-state index contributed by atoms with van der Waals surface area (Å²) in [5, 5.41) is 2.81. The molecule has 0 aromatic heterocycles. The smallest absolute Gasteiger partial charge is 0.317 e. The van der Waals surface area contributed by atoms with Gasteiger partial charge in [0.1, 0.15) is 0 Å². The van der Waals surface area contributed by atoms with Crippen molar-refractivity contribution < 1.29 is 9.53 Å². The molecule has 0 radical (unpaired) electrons. The lowest BCUT2D eigenvalue weighted by Gasteiger charge is -2.20. The van der Waals surface area contributed by atoms with Crippen molar-refractivity contribution in [2.45, 2.75) is 39.8 Å². The summed E-state index contributed by atoms with van der Waals surface area (Å²) in [6.07, 6.45) is 0.219. The third-order valence-corrected chi connectivity index (χ3v) is 1.64. The van der Waals surface area contributed by atoms with Gasteiger partial charge in [-0.2, -0.15) is 0 Å². The summed E-state index contributed by atoms with van der Waals surface area (Å²) in [6, 6.07) is 0.128. The molecule has 0 heterocycles. The van der Waals surface area contributed by atoms with Gasteiger partial charge in [-0.25, -0.2) is 4.79 Å². The first-order chi connectivity index (χ1) is 6.43. The van der Waals surface area contributed by atoms with Crippen molar-refractivity contribution >= 4 is 6.03 Å². The molecular formula is C10H22N2O2. The van der Waals surface area contributed by atoms with Crippen molar-refractivity contribution in [3.8, 4) is 0 Å². The van der Waals surface area contributed by atoms with E-state index in [-0.39, 0.29) is 18.2 Å². The SMILES string of the molecule is CC(C)NC(=O)N(C)CCOC(C)C. The van der Waals surface area contributed by atoms with Crippen LogP contribution < -0.4 is 5.32 Å². The topological polar surface area (TPSA) is 41.6 Å². The molecule has 0 rings (SSSR count). The van der Waals surface area contributed by atoms with Crippen LogP contribution in [-0.2, 0) is 4.74 Å². The maximum absolute atomic E-state index is 11.4. The largest absolute Gasteiger partial charge is 0.377 e. The predicted octanol–water partition coefficient (Wildman–Crippen LogP) is 1.46. The third-order valence-electron chi connectivity index (χ3n) is 1.64. The number of hydrogen-bond acceptors (Lipinski definition) is 2. The molecule has 0 unspecified atom stereocenters. The van der Waals surface area contributed by atoms with Gasteiger partial charge in [0.2, 0.25) is 0 Å². The lowest BCUT2D eigenvalue weighted by atomic mass is 10.4. The van der Waals surface area contributed by atoms with Gasteiger partial charge in [-0.1, -0.05) is 0 Å². The number of carbonyl (C=O) groups is 1. The van der Waals surface area contributed by atoms with Crippen molar-refractivity contribution in [1.82, 2.24) is 10.2 Å². The van der Waals surface area contributed by atoms with Gasteiger partial charge >= 0.3 is 6.03 Å². The molecule has 0 bridgehead atoms. The molecule has 0 aromatic rings. The molecule has 0 spiro atoms. The minimum atomic E-state index is -0.0487. The zero-order valence-corrected chi connectivity index (χ0v) is 9.83. The second-order valence-electron chi connectivity index (χ2n) is 3.95. The summed E-state index contributed by atoms with van der Waals surface area (Å²) in [4.78, 5) is 13.0. The molecule has 2 amide bonds. The number of rotatable bonds is 5. The van der Waals surface area contributed by atoms with E-state index < -0.39 is 0 Å². The van der Waals surface area contributed by atoms with E-state index >= 15 is 0 Å². The van der Waals surface area contributed by atoms with Crippen LogP contribution in [0, 0.1) is 0 Å². The van der Waals surface area contributed by atoms with Gasteiger partial charge in [0.05, 0.1) is 12.7 Å². The average Bonchev–Trinajstić information content (AvgIpc) is 2.01. The van der Waals surface area contributed by atoms with E-state index in [0.29, 0.717) is 13.2 Å². The van der Waals surface area contributed by atoms with Crippen LogP contribution in [0.15, 0.2) is 0 Å². The molecule has 4 nitrogen and oxygen atoms in total. The molecule has 84 valence electrons. The first-order valence-corrected chi connectivity index (χ1v) is 5.06. The van der Waals surface area contributed by atoms with Gasteiger partial charge in [0, 0.05) is 19.6 Å². The van der Waals surface area contributed by atoms with Crippen LogP contribution in [0.1, 0.15) is 27.7 Å². The highest BCUT2D eigenvalue weighted by Crippen LogP contribution is 1.91. The number of carbonyl (C=O) groups excluding carboxylic acids is 1. The molecule has 0 saturated heterocycles. The Balaban J connectivity index is 3.62. The Bertz CT molecular complexity index is 170. The molecule has 0 aliphatic carbocycles. The second kappa shape index (κ2) is 6.65. The van der Waals surface area contributed by atoms with Gasteiger partial charge in [-0.15, -0.1) is 0 Å². The van der Waals surface area contributed by atoms with Gasteiger partial charge in [0.25, 0.3) is 0 Å².